The largest absolute Gasteiger partial charge is 0.493 e. The minimum atomic E-state index is 0.600. The smallest absolute Gasteiger partial charge is 0.191 e. The van der Waals surface area contributed by atoms with Gasteiger partial charge in [-0.2, -0.15) is 0 Å². The fourth-order valence-electron chi connectivity index (χ4n) is 2.83. The molecule has 0 amide bonds. The third-order valence-corrected chi connectivity index (χ3v) is 4.49. The highest BCUT2D eigenvalue weighted by molar-refractivity contribution is 5.78. The van der Waals surface area contributed by atoms with Gasteiger partial charge in [0.15, 0.2) is 5.96 Å². The molecule has 120 valence electrons. The minimum Gasteiger partial charge on any atom is -0.493 e. The second-order valence-electron chi connectivity index (χ2n) is 6.44. The standard InChI is InChI=1S/C18H27N3O/c19-18(21-11-5-1-2-6-12-21)20-13-16-7-3-4-8-17(16)22-14-15-9-10-15/h3-4,7-8,15H,1-2,5-6,9-14H2,(H2,19,20). The third kappa shape index (κ3) is 4.39. The summed E-state index contributed by atoms with van der Waals surface area (Å²) in [4.78, 5) is 6.83. The van der Waals surface area contributed by atoms with E-state index in [1.54, 1.807) is 0 Å². The molecular weight excluding hydrogens is 274 g/mol. The van der Waals surface area contributed by atoms with Crippen LogP contribution in [-0.4, -0.2) is 30.6 Å². The molecule has 0 unspecified atom stereocenters. The van der Waals surface area contributed by atoms with Crippen molar-refractivity contribution in [2.45, 2.75) is 45.1 Å². The van der Waals surface area contributed by atoms with Crippen molar-refractivity contribution in [3.05, 3.63) is 29.8 Å². The van der Waals surface area contributed by atoms with E-state index in [1.807, 2.05) is 18.2 Å². The molecule has 1 saturated heterocycles. The SMILES string of the molecule is NC(=NCc1ccccc1OCC1CC1)N1CCCCCC1. The number of guanidine groups is 1. The molecule has 22 heavy (non-hydrogen) atoms. The fourth-order valence-corrected chi connectivity index (χ4v) is 2.83. The van der Waals surface area contributed by atoms with Gasteiger partial charge in [-0.25, -0.2) is 4.99 Å². The lowest BCUT2D eigenvalue weighted by molar-refractivity contribution is 0.297. The maximum absolute atomic E-state index is 6.18. The van der Waals surface area contributed by atoms with Gasteiger partial charge in [-0.1, -0.05) is 31.0 Å². The minimum absolute atomic E-state index is 0.600. The van der Waals surface area contributed by atoms with Crippen LogP contribution in [0.25, 0.3) is 0 Å². The number of likely N-dealkylation sites (tertiary alicyclic amines) is 1. The van der Waals surface area contributed by atoms with E-state index in [9.17, 15) is 0 Å². The lowest BCUT2D eigenvalue weighted by atomic mass is 10.2. The highest BCUT2D eigenvalue weighted by atomic mass is 16.5. The number of nitrogens with zero attached hydrogens (tertiary/aromatic N) is 2. The van der Waals surface area contributed by atoms with Crippen molar-refractivity contribution in [2.24, 2.45) is 16.6 Å². The van der Waals surface area contributed by atoms with E-state index in [2.05, 4.69) is 16.0 Å². The molecule has 1 aromatic rings. The van der Waals surface area contributed by atoms with Crippen LogP contribution in [0.5, 0.6) is 5.75 Å². The molecule has 1 aromatic carbocycles. The molecule has 2 aliphatic rings. The predicted octanol–water partition coefficient (Wildman–Crippen LogP) is 3.17. The van der Waals surface area contributed by atoms with Gasteiger partial charge in [0.25, 0.3) is 0 Å². The first kappa shape index (κ1) is 15.2. The van der Waals surface area contributed by atoms with Gasteiger partial charge in [0.1, 0.15) is 5.75 Å². The van der Waals surface area contributed by atoms with Gasteiger partial charge in [0.05, 0.1) is 13.2 Å². The molecule has 0 radical (unpaired) electrons. The van der Waals surface area contributed by atoms with Gasteiger partial charge in [-0.15, -0.1) is 0 Å². The first-order valence-corrected chi connectivity index (χ1v) is 8.58. The normalized spacial score (nSPS) is 19.8. The lowest BCUT2D eigenvalue weighted by Crippen LogP contribution is -2.38. The van der Waals surface area contributed by atoms with Crippen LogP contribution in [0.2, 0.25) is 0 Å². The van der Waals surface area contributed by atoms with Crippen molar-refractivity contribution in [1.29, 1.82) is 0 Å². The molecular formula is C18H27N3O. The fraction of sp³-hybridized carbons (Fsp3) is 0.611. The number of hydrogen-bond acceptors (Lipinski definition) is 2. The quantitative estimate of drug-likeness (QED) is 0.671. The van der Waals surface area contributed by atoms with Crippen LogP contribution in [0.1, 0.15) is 44.1 Å². The van der Waals surface area contributed by atoms with Crippen molar-refractivity contribution in [3.8, 4) is 5.75 Å². The second kappa shape index (κ2) is 7.52. The van der Waals surface area contributed by atoms with Gasteiger partial charge >= 0.3 is 0 Å². The van der Waals surface area contributed by atoms with Crippen molar-refractivity contribution < 1.29 is 4.74 Å². The number of nitrogens with two attached hydrogens (primary N) is 1. The third-order valence-electron chi connectivity index (χ3n) is 4.49. The van der Waals surface area contributed by atoms with Crippen LogP contribution >= 0.6 is 0 Å². The molecule has 1 aliphatic heterocycles. The molecule has 1 saturated carbocycles. The Labute approximate surface area is 133 Å². The van der Waals surface area contributed by atoms with Gasteiger partial charge in [-0.05, 0) is 37.7 Å². The van der Waals surface area contributed by atoms with E-state index in [4.69, 9.17) is 10.5 Å². The van der Waals surface area contributed by atoms with E-state index in [0.717, 1.165) is 36.9 Å². The zero-order valence-corrected chi connectivity index (χ0v) is 13.3. The van der Waals surface area contributed by atoms with Crippen molar-refractivity contribution in [1.82, 2.24) is 4.90 Å². The van der Waals surface area contributed by atoms with Crippen LogP contribution in [0, 0.1) is 5.92 Å². The molecule has 0 aromatic heterocycles. The van der Waals surface area contributed by atoms with Gasteiger partial charge in [-0.3, -0.25) is 0 Å². The monoisotopic (exact) mass is 301 g/mol. The van der Waals surface area contributed by atoms with Crippen LogP contribution in [-0.2, 0) is 6.54 Å². The van der Waals surface area contributed by atoms with Crippen LogP contribution < -0.4 is 10.5 Å². The summed E-state index contributed by atoms with van der Waals surface area (Å²) in [7, 11) is 0. The first-order valence-electron chi connectivity index (χ1n) is 8.58. The summed E-state index contributed by atoms with van der Waals surface area (Å²) in [5.74, 6) is 2.40. The summed E-state index contributed by atoms with van der Waals surface area (Å²) < 4.78 is 5.94. The molecule has 2 fully saturated rings. The summed E-state index contributed by atoms with van der Waals surface area (Å²) >= 11 is 0. The van der Waals surface area contributed by atoms with Crippen LogP contribution in [0.3, 0.4) is 0 Å². The Bertz CT molecular complexity index is 503. The van der Waals surface area contributed by atoms with E-state index < -0.39 is 0 Å². The average Bonchev–Trinajstić information content (AvgIpc) is 3.37. The maximum Gasteiger partial charge on any atom is 0.191 e. The summed E-state index contributed by atoms with van der Waals surface area (Å²) in [6.45, 7) is 3.51. The molecule has 4 nitrogen and oxygen atoms in total. The maximum atomic E-state index is 6.18. The molecule has 2 N–H and O–H groups in total. The summed E-state index contributed by atoms with van der Waals surface area (Å²) in [5.41, 5.74) is 7.31. The summed E-state index contributed by atoms with van der Waals surface area (Å²) in [5, 5.41) is 0. The molecule has 0 atom stereocenters. The molecule has 4 heteroatoms. The summed E-state index contributed by atoms with van der Waals surface area (Å²) in [6, 6.07) is 8.18. The van der Waals surface area contributed by atoms with Crippen molar-refractivity contribution in [2.75, 3.05) is 19.7 Å². The van der Waals surface area contributed by atoms with Crippen molar-refractivity contribution >= 4 is 5.96 Å². The van der Waals surface area contributed by atoms with Crippen LogP contribution in [0.4, 0.5) is 0 Å². The van der Waals surface area contributed by atoms with E-state index in [1.165, 1.54) is 38.5 Å². The van der Waals surface area contributed by atoms with Gasteiger partial charge in [0, 0.05) is 18.7 Å². The highest BCUT2D eigenvalue weighted by Gasteiger charge is 2.22. The Balaban J connectivity index is 1.60. The van der Waals surface area contributed by atoms with Crippen LogP contribution in [0.15, 0.2) is 29.3 Å². The molecule has 1 heterocycles. The Hall–Kier alpha value is -1.71. The Morgan fingerprint density at radius 2 is 1.86 bits per heavy atom. The number of ether oxygens (including phenoxy) is 1. The van der Waals surface area contributed by atoms with Crippen molar-refractivity contribution in [3.63, 3.8) is 0 Å². The number of aliphatic imine (C=N–C) groups is 1. The molecule has 3 rings (SSSR count). The van der Waals surface area contributed by atoms with E-state index >= 15 is 0 Å². The lowest BCUT2D eigenvalue weighted by Gasteiger charge is -2.21. The Morgan fingerprint density at radius 3 is 2.59 bits per heavy atom. The van der Waals surface area contributed by atoms with Gasteiger partial charge in [0.2, 0.25) is 0 Å². The zero-order valence-electron chi connectivity index (χ0n) is 13.3. The average molecular weight is 301 g/mol. The topological polar surface area (TPSA) is 50.9 Å². The molecule has 0 bridgehead atoms. The number of hydrogen-bond donors (Lipinski definition) is 1. The number of para-hydroxylation sites is 1. The number of rotatable bonds is 5. The summed E-state index contributed by atoms with van der Waals surface area (Å²) in [6.07, 6.45) is 7.67. The Kier molecular flexibility index (Phi) is 5.20. The molecule has 0 spiro atoms. The highest BCUT2D eigenvalue weighted by Crippen LogP contribution is 2.30. The van der Waals surface area contributed by atoms with E-state index in [-0.39, 0.29) is 0 Å². The zero-order chi connectivity index (χ0) is 15.2. The number of benzene rings is 1. The van der Waals surface area contributed by atoms with Gasteiger partial charge < -0.3 is 15.4 Å². The first-order chi connectivity index (χ1) is 10.8. The molecule has 1 aliphatic carbocycles. The Morgan fingerprint density at radius 1 is 1.14 bits per heavy atom. The van der Waals surface area contributed by atoms with E-state index in [0.29, 0.717) is 12.5 Å². The predicted molar refractivity (Wildman–Crippen MR) is 90.0 cm³/mol. The second-order valence-corrected chi connectivity index (χ2v) is 6.44.